The number of amidine groups is 1. The predicted molar refractivity (Wildman–Crippen MR) is 112 cm³/mol. The van der Waals surface area contributed by atoms with Gasteiger partial charge >= 0.3 is 12.1 Å². The van der Waals surface area contributed by atoms with Gasteiger partial charge in [-0.1, -0.05) is 29.8 Å². The van der Waals surface area contributed by atoms with Gasteiger partial charge in [-0.3, -0.25) is 9.69 Å². The molecule has 8 nitrogen and oxygen atoms in total. The summed E-state index contributed by atoms with van der Waals surface area (Å²) in [6, 6.07) is 14.0. The molecule has 0 fully saturated rings. The molecular formula is C21H19ClN4O4. The molecule has 154 valence electrons. The average molecular weight is 427 g/mol. The van der Waals surface area contributed by atoms with Crippen molar-refractivity contribution in [2.45, 2.75) is 6.54 Å². The number of hydrogen-bond acceptors (Lipinski definition) is 5. The molecule has 2 aliphatic rings. The summed E-state index contributed by atoms with van der Waals surface area (Å²) in [6.07, 6.45) is 1.30. The second kappa shape index (κ2) is 8.46. The topological polar surface area (TPSA) is 83.5 Å². The molecule has 0 bridgehead atoms. The highest BCUT2D eigenvalue weighted by molar-refractivity contribution is 6.30. The normalized spacial score (nSPS) is 15.6. The summed E-state index contributed by atoms with van der Waals surface area (Å²) >= 11 is 6.03. The van der Waals surface area contributed by atoms with Crippen LogP contribution < -0.4 is 10.1 Å². The van der Waals surface area contributed by atoms with E-state index in [1.165, 1.54) is 6.26 Å². The van der Waals surface area contributed by atoms with E-state index < -0.39 is 6.03 Å². The van der Waals surface area contributed by atoms with Crippen molar-refractivity contribution in [1.29, 1.82) is 0 Å². The molecule has 0 spiro atoms. The lowest BCUT2D eigenvalue weighted by molar-refractivity contribution is -0.113. The number of halogens is 1. The number of hydrogen-bond donors (Lipinski definition) is 1. The van der Waals surface area contributed by atoms with Crippen molar-refractivity contribution in [2.24, 2.45) is 4.99 Å². The quantitative estimate of drug-likeness (QED) is 0.791. The summed E-state index contributed by atoms with van der Waals surface area (Å²) in [5.41, 5.74) is 1.75. The first-order valence-corrected chi connectivity index (χ1v) is 9.63. The third-order valence-electron chi connectivity index (χ3n) is 4.68. The Balaban J connectivity index is 1.45. The number of rotatable bonds is 5. The molecule has 0 aromatic heterocycles. The van der Waals surface area contributed by atoms with E-state index in [-0.39, 0.29) is 17.6 Å². The van der Waals surface area contributed by atoms with Gasteiger partial charge in [-0.15, -0.1) is 4.99 Å². The van der Waals surface area contributed by atoms with Crippen LogP contribution in [0, 0.1) is 0 Å². The number of ether oxygens (including phenoxy) is 2. The maximum atomic E-state index is 12.8. The molecule has 2 aliphatic heterocycles. The first-order chi connectivity index (χ1) is 14.5. The molecule has 4 rings (SSSR count). The molecule has 1 N–H and O–H groups in total. The number of nitrogens with one attached hydrogen (secondary N) is 1. The number of methoxy groups -OCH3 is 1. The van der Waals surface area contributed by atoms with Gasteiger partial charge in [0.15, 0.2) is 0 Å². The van der Waals surface area contributed by atoms with Crippen molar-refractivity contribution < 1.29 is 19.1 Å². The van der Waals surface area contributed by atoms with Gasteiger partial charge in [-0.05, 0) is 29.8 Å². The standard InChI is InChI=1S/C21H19ClN4O4/c1-29-17-7-3-6-16(11-17)23-19(27)18-13-30-21-24-20(28)25(8-9-26(18)21)12-14-4-2-5-15(22)10-14/h2-7,10-11,13H,8-9,12H2,1H3,(H,23,27). The largest absolute Gasteiger partial charge is 0.497 e. The number of nitrogens with zero attached hydrogens (tertiary/aromatic N) is 3. The van der Waals surface area contributed by atoms with Gasteiger partial charge in [0, 0.05) is 36.4 Å². The zero-order valence-corrected chi connectivity index (χ0v) is 16.9. The van der Waals surface area contributed by atoms with E-state index in [9.17, 15) is 9.59 Å². The molecule has 0 aliphatic carbocycles. The predicted octanol–water partition coefficient (Wildman–Crippen LogP) is 3.45. The van der Waals surface area contributed by atoms with Crippen LogP contribution in [0.15, 0.2) is 65.5 Å². The smallest absolute Gasteiger partial charge is 0.348 e. The molecule has 0 saturated carbocycles. The zero-order chi connectivity index (χ0) is 21.1. The summed E-state index contributed by atoms with van der Waals surface area (Å²) < 4.78 is 10.6. The number of fused-ring (bicyclic) bond motifs is 1. The van der Waals surface area contributed by atoms with Crippen molar-refractivity contribution in [1.82, 2.24) is 9.80 Å². The molecule has 0 atom stereocenters. The van der Waals surface area contributed by atoms with Crippen molar-refractivity contribution in [3.05, 3.63) is 71.1 Å². The van der Waals surface area contributed by atoms with Gasteiger partial charge < -0.3 is 19.7 Å². The number of anilines is 1. The number of carbonyl (C=O) groups is 2. The van der Waals surface area contributed by atoms with Crippen LogP contribution in [-0.4, -0.2) is 48.0 Å². The SMILES string of the molecule is COc1cccc(NC(=O)C2=COC3=NC(=O)N(Cc4cccc(Cl)c4)CCN23)c1. The molecule has 3 amide bonds. The lowest BCUT2D eigenvalue weighted by Gasteiger charge is -2.21. The van der Waals surface area contributed by atoms with Crippen LogP contribution in [-0.2, 0) is 16.1 Å². The fourth-order valence-corrected chi connectivity index (χ4v) is 3.40. The van der Waals surface area contributed by atoms with Gasteiger partial charge in [0.05, 0.1) is 7.11 Å². The van der Waals surface area contributed by atoms with Crippen LogP contribution >= 0.6 is 11.6 Å². The van der Waals surface area contributed by atoms with Gasteiger partial charge in [0.1, 0.15) is 17.7 Å². The van der Waals surface area contributed by atoms with E-state index >= 15 is 0 Å². The van der Waals surface area contributed by atoms with E-state index in [2.05, 4.69) is 10.3 Å². The monoisotopic (exact) mass is 426 g/mol. The number of amides is 3. The molecule has 0 unspecified atom stereocenters. The Morgan fingerprint density at radius 2 is 2.07 bits per heavy atom. The fourth-order valence-electron chi connectivity index (χ4n) is 3.18. The van der Waals surface area contributed by atoms with E-state index in [4.69, 9.17) is 21.1 Å². The molecule has 9 heteroatoms. The first-order valence-electron chi connectivity index (χ1n) is 9.25. The van der Waals surface area contributed by atoms with Gasteiger partial charge in [-0.2, -0.15) is 0 Å². The van der Waals surface area contributed by atoms with Crippen molar-refractivity contribution in [3.63, 3.8) is 0 Å². The Hall–Kier alpha value is -3.52. The van der Waals surface area contributed by atoms with Gasteiger partial charge in [-0.25, -0.2) is 4.79 Å². The molecule has 2 heterocycles. The second-order valence-corrected chi connectivity index (χ2v) is 7.12. The molecule has 0 radical (unpaired) electrons. The Morgan fingerprint density at radius 3 is 2.87 bits per heavy atom. The van der Waals surface area contributed by atoms with E-state index in [1.807, 2.05) is 12.1 Å². The lowest BCUT2D eigenvalue weighted by atomic mass is 10.2. The van der Waals surface area contributed by atoms with Crippen molar-refractivity contribution >= 4 is 35.2 Å². The average Bonchev–Trinajstić information content (AvgIpc) is 3.06. The second-order valence-electron chi connectivity index (χ2n) is 6.69. The zero-order valence-electron chi connectivity index (χ0n) is 16.2. The Morgan fingerprint density at radius 1 is 1.23 bits per heavy atom. The summed E-state index contributed by atoms with van der Waals surface area (Å²) in [5.74, 6) is 0.257. The summed E-state index contributed by atoms with van der Waals surface area (Å²) in [6.45, 7) is 1.09. The van der Waals surface area contributed by atoms with Gasteiger partial charge in [0.2, 0.25) is 0 Å². The molecule has 2 aromatic rings. The van der Waals surface area contributed by atoms with E-state index in [0.29, 0.717) is 36.1 Å². The Bertz CT molecular complexity index is 1050. The van der Waals surface area contributed by atoms with E-state index in [0.717, 1.165) is 5.56 Å². The van der Waals surface area contributed by atoms with Crippen LogP contribution in [0.3, 0.4) is 0 Å². The molecule has 0 saturated heterocycles. The van der Waals surface area contributed by atoms with Crippen molar-refractivity contribution in [3.8, 4) is 5.75 Å². The summed E-state index contributed by atoms with van der Waals surface area (Å²) in [7, 11) is 1.56. The minimum Gasteiger partial charge on any atom is -0.497 e. The van der Waals surface area contributed by atoms with Crippen LogP contribution in [0.1, 0.15) is 5.56 Å². The van der Waals surface area contributed by atoms with Crippen LogP contribution in [0.4, 0.5) is 10.5 Å². The fraction of sp³-hybridized carbons (Fsp3) is 0.190. The number of urea groups is 1. The first kappa shape index (κ1) is 19.8. The minimum absolute atomic E-state index is 0.0874. The number of benzene rings is 2. The molecule has 30 heavy (non-hydrogen) atoms. The lowest BCUT2D eigenvalue weighted by Crippen LogP contribution is -2.36. The van der Waals surface area contributed by atoms with Crippen LogP contribution in [0.5, 0.6) is 5.75 Å². The Labute approximate surface area is 178 Å². The highest BCUT2D eigenvalue weighted by Gasteiger charge is 2.33. The maximum Gasteiger partial charge on any atom is 0.348 e. The summed E-state index contributed by atoms with van der Waals surface area (Å²) in [5, 5.41) is 3.40. The van der Waals surface area contributed by atoms with E-state index in [1.54, 1.807) is 53.3 Å². The highest BCUT2D eigenvalue weighted by atomic mass is 35.5. The molecular weight excluding hydrogens is 408 g/mol. The number of carbonyl (C=O) groups excluding carboxylic acids is 2. The van der Waals surface area contributed by atoms with Gasteiger partial charge in [0.25, 0.3) is 5.91 Å². The maximum absolute atomic E-state index is 12.8. The van der Waals surface area contributed by atoms with Crippen LogP contribution in [0.2, 0.25) is 5.02 Å². The summed E-state index contributed by atoms with van der Waals surface area (Å²) in [4.78, 5) is 32.5. The third-order valence-corrected chi connectivity index (χ3v) is 4.91. The van der Waals surface area contributed by atoms with Crippen LogP contribution in [0.25, 0.3) is 0 Å². The minimum atomic E-state index is -0.435. The highest BCUT2D eigenvalue weighted by Crippen LogP contribution is 2.23. The molecule has 2 aromatic carbocycles. The third kappa shape index (κ3) is 4.23. The Kier molecular flexibility index (Phi) is 5.58. The number of aliphatic imine (C=N–C) groups is 1. The van der Waals surface area contributed by atoms with Crippen molar-refractivity contribution in [2.75, 3.05) is 25.5 Å².